The van der Waals surface area contributed by atoms with Crippen molar-refractivity contribution in [3.63, 3.8) is 0 Å². The second-order valence-corrected chi connectivity index (χ2v) is 6.18. The Morgan fingerprint density at radius 2 is 2.00 bits per heavy atom. The van der Waals surface area contributed by atoms with Gasteiger partial charge in [0.1, 0.15) is 5.82 Å². The van der Waals surface area contributed by atoms with E-state index in [1.807, 2.05) is 0 Å². The number of aromatic amines is 2. The summed E-state index contributed by atoms with van der Waals surface area (Å²) < 4.78 is 37.6. The summed E-state index contributed by atoms with van der Waals surface area (Å²) in [6, 6.07) is 3.33. The van der Waals surface area contributed by atoms with E-state index in [-0.39, 0.29) is 15.2 Å². The highest BCUT2D eigenvalue weighted by Crippen LogP contribution is 2.19. The van der Waals surface area contributed by atoms with Crippen molar-refractivity contribution in [1.82, 2.24) is 9.97 Å². The first-order chi connectivity index (χ1) is 8.82. The van der Waals surface area contributed by atoms with Crippen LogP contribution in [0.1, 0.15) is 5.56 Å². The predicted molar refractivity (Wildman–Crippen MR) is 68.8 cm³/mol. The minimum atomic E-state index is -4.01. The molecule has 0 atom stereocenters. The Hall–Kier alpha value is -1.80. The van der Waals surface area contributed by atoms with E-state index in [0.717, 1.165) is 18.3 Å². The number of benzene rings is 1. The molecule has 0 saturated carbocycles. The molecule has 1 aromatic carbocycles. The lowest BCUT2D eigenvalue weighted by atomic mass is 10.2. The van der Waals surface area contributed by atoms with Crippen molar-refractivity contribution >= 4 is 22.1 Å². The SMILES string of the molecule is Cc1cc(S(=O)(=O)c2c[nH]c(=S)[nH]c2=O)ccc1F. The fourth-order valence-electron chi connectivity index (χ4n) is 1.51. The van der Waals surface area contributed by atoms with Gasteiger partial charge in [-0.15, -0.1) is 0 Å². The summed E-state index contributed by atoms with van der Waals surface area (Å²) in [5.41, 5.74) is -0.632. The maximum absolute atomic E-state index is 13.1. The highest BCUT2D eigenvalue weighted by Gasteiger charge is 2.22. The van der Waals surface area contributed by atoms with Crippen LogP contribution in [0.25, 0.3) is 0 Å². The number of hydrogen-bond acceptors (Lipinski definition) is 4. The molecule has 0 bridgehead atoms. The Balaban J connectivity index is 2.68. The normalized spacial score (nSPS) is 11.5. The molecule has 1 aromatic heterocycles. The van der Waals surface area contributed by atoms with Crippen LogP contribution in [-0.4, -0.2) is 18.4 Å². The zero-order valence-electron chi connectivity index (χ0n) is 9.73. The molecule has 0 saturated heterocycles. The summed E-state index contributed by atoms with van der Waals surface area (Å²) in [5, 5.41) is 0. The second kappa shape index (κ2) is 4.71. The molecule has 0 unspecified atom stereocenters. The van der Waals surface area contributed by atoms with Crippen LogP contribution >= 0.6 is 12.2 Å². The average Bonchev–Trinajstić information content (AvgIpc) is 2.32. The standard InChI is InChI=1S/C11H9FN2O3S2/c1-6-4-7(2-3-8(6)12)19(16,17)9-5-13-11(18)14-10(9)15/h2-5H,1H3,(H2,13,14,15,18). The molecular formula is C11H9FN2O3S2. The molecule has 1 heterocycles. The molecule has 2 rings (SSSR count). The lowest BCUT2D eigenvalue weighted by molar-refractivity contribution is 0.591. The smallest absolute Gasteiger partial charge is 0.270 e. The molecule has 0 spiro atoms. The fourth-order valence-corrected chi connectivity index (χ4v) is 3.00. The van der Waals surface area contributed by atoms with E-state index in [1.54, 1.807) is 0 Å². The molecule has 0 aliphatic heterocycles. The van der Waals surface area contributed by atoms with Gasteiger partial charge < -0.3 is 4.98 Å². The summed E-state index contributed by atoms with van der Waals surface area (Å²) >= 11 is 4.68. The first-order valence-corrected chi connectivity index (χ1v) is 7.05. The maximum atomic E-state index is 13.1. The minimum Gasteiger partial charge on any atom is -0.337 e. The zero-order chi connectivity index (χ0) is 14.2. The van der Waals surface area contributed by atoms with Crippen molar-refractivity contribution in [2.45, 2.75) is 16.7 Å². The topological polar surface area (TPSA) is 82.8 Å². The van der Waals surface area contributed by atoms with Crippen LogP contribution < -0.4 is 5.56 Å². The number of rotatable bonds is 2. The van der Waals surface area contributed by atoms with E-state index >= 15 is 0 Å². The molecule has 0 aliphatic carbocycles. The lowest BCUT2D eigenvalue weighted by Gasteiger charge is -2.05. The van der Waals surface area contributed by atoms with Crippen LogP contribution in [0.15, 0.2) is 39.0 Å². The van der Waals surface area contributed by atoms with Gasteiger partial charge in [0.2, 0.25) is 9.84 Å². The number of hydrogen-bond donors (Lipinski definition) is 2. The number of H-pyrrole nitrogens is 2. The van der Waals surface area contributed by atoms with E-state index < -0.39 is 26.1 Å². The summed E-state index contributed by atoms with van der Waals surface area (Å²) in [6.07, 6.45) is 1.02. The quantitative estimate of drug-likeness (QED) is 0.653. The summed E-state index contributed by atoms with van der Waals surface area (Å²) in [4.78, 5) is 15.6. The van der Waals surface area contributed by atoms with Gasteiger partial charge >= 0.3 is 0 Å². The van der Waals surface area contributed by atoms with Gasteiger partial charge in [-0.2, -0.15) is 0 Å². The van der Waals surface area contributed by atoms with Crippen LogP contribution in [0.4, 0.5) is 4.39 Å². The van der Waals surface area contributed by atoms with E-state index in [1.165, 1.54) is 13.0 Å². The van der Waals surface area contributed by atoms with Crippen LogP contribution in [0, 0.1) is 17.5 Å². The Bertz CT molecular complexity index is 853. The zero-order valence-corrected chi connectivity index (χ0v) is 11.4. The molecule has 2 aromatic rings. The fraction of sp³-hybridized carbons (Fsp3) is 0.0909. The molecule has 8 heteroatoms. The number of aryl methyl sites for hydroxylation is 1. The van der Waals surface area contributed by atoms with E-state index in [2.05, 4.69) is 22.2 Å². The first-order valence-electron chi connectivity index (χ1n) is 5.15. The summed E-state index contributed by atoms with van der Waals surface area (Å²) in [6.45, 7) is 1.44. The molecule has 100 valence electrons. The molecule has 0 fully saturated rings. The molecule has 0 radical (unpaired) electrons. The van der Waals surface area contributed by atoms with Crippen LogP contribution in [0.2, 0.25) is 0 Å². The second-order valence-electron chi connectivity index (χ2n) is 3.85. The summed E-state index contributed by atoms with van der Waals surface area (Å²) in [5.74, 6) is -0.514. The van der Waals surface area contributed by atoms with E-state index in [9.17, 15) is 17.6 Å². The number of halogens is 1. The molecule has 19 heavy (non-hydrogen) atoms. The van der Waals surface area contributed by atoms with Gasteiger partial charge in [0.05, 0.1) is 4.90 Å². The molecular weight excluding hydrogens is 291 g/mol. The molecule has 0 aliphatic rings. The van der Waals surface area contributed by atoms with Gasteiger partial charge in [0, 0.05) is 6.20 Å². The molecule has 5 nitrogen and oxygen atoms in total. The third-order valence-electron chi connectivity index (χ3n) is 2.51. The Labute approximate surface area is 113 Å². The lowest BCUT2D eigenvalue weighted by Crippen LogP contribution is -2.18. The van der Waals surface area contributed by atoms with E-state index in [0.29, 0.717) is 0 Å². The average molecular weight is 300 g/mol. The van der Waals surface area contributed by atoms with Crippen molar-refractivity contribution in [2.24, 2.45) is 0 Å². The predicted octanol–water partition coefficient (Wildman–Crippen LogP) is 1.71. The number of nitrogens with one attached hydrogen (secondary N) is 2. The van der Waals surface area contributed by atoms with Crippen LogP contribution in [-0.2, 0) is 9.84 Å². The van der Waals surface area contributed by atoms with Gasteiger partial charge in [-0.3, -0.25) is 9.78 Å². The van der Waals surface area contributed by atoms with Crippen LogP contribution in [0.3, 0.4) is 0 Å². The van der Waals surface area contributed by atoms with Gasteiger partial charge in [-0.1, -0.05) is 0 Å². The third-order valence-corrected chi connectivity index (χ3v) is 4.49. The van der Waals surface area contributed by atoms with Gasteiger partial charge in [0.25, 0.3) is 5.56 Å². The Morgan fingerprint density at radius 3 is 2.58 bits per heavy atom. The third kappa shape index (κ3) is 2.49. The highest BCUT2D eigenvalue weighted by atomic mass is 32.2. The van der Waals surface area contributed by atoms with Gasteiger partial charge in [-0.05, 0) is 42.9 Å². The van der Waals surface area contributed by atoms with Crippen molar-refractivity contribution < 1.29 is 12.8 Å². The first kappa shape index (κ1) is 13.6. The van der Waals surface area contributed by atoms with Gasteiger partial charge in [-0.25, -0.2) is 12.8 Å². The number of sulfone groups is 1. The van der Waals surface area contributed by atoms with Crippen LogP contribution in [0.5, 0.6) is 0 Å². The van der Waals surface area contributed by atoms with Crippen molar-refractivity contribution in [3.05, 3.63) is 50.9 Å². The summed E-state index contributed by atoms with van der Waals surface area (Å²) in [7, 11) is -4.01. The minimum absolute atomic E-state index is 0.0271. The van der Waals surface area contributed by atoms with Crippen molar-refractivity contribution in [3.8, 4) is 0 Å². The number of aromatic nitrogens is 2. The molecule has 2 N–H and O–H groups in total. The molecule has 0 amide bonds. The highest BCUT2D eigenvalue weighted by molar-refractivity contribution is 7.91. The van der Waals surface area contributed by atoms with Crippen molar-refractivity contribution in [2.75, 3.05) is 0 Å². The maximum Gasteiger partial charge on any atom is 0.270 e. The largest absolute Gasteiger partial charge is 0.337 e. The van der Waals surface area contributed by atoms with Crippen molar-refractivity contribution in [1.29, 1.82) is 0 Å². The van der Waals surface area contributed by atoms with Gasteiger partial charge in [0.15, 0.2) is 9.67 Å². The Morgan fingerprint density at radius 1 is 1.32 bits per heavy atom. The monoisotopic (exact) mass is 300 g/mol. The van der Waals surface area contributed by atoms with E-state index in [4.69, 9.17) is 0 Å². The Kier molecular flexibility index (Phi) is 3.38.